The number of nitrogens with one attached hydrogen (secondary N) is 2. The summed E-state index contributed by atoms with van der Waals surface area (Å²) in [5.74, 6) is 0.0985. The van der Waals surface area contributed by atoms with Crippen molar-refractivity contribution in [2.75, 3.05) is 34.2 Å². The van der Waals surface area contributed by atoms with Crippen molar-refractivity contribution in [3.05, 3.63) is 22.4 Å². The molecule has 1 aromatic rings. The minimum atomic E-state index is 0.0985. The molecule has 0 saturated carbocycles. The van der Waals surface area contributed by atoms with Crippen molar-refractivity contribution in [1.82, 2.24) is 15.5 Å². The molecule has 17 heavy (non-hydrogen) atoms. The lowest BCUT2D eigenvalue weighted by Gasteiger charge is -2.24. The molecule has 0 aliphatic heterocycles. The van der Waals surface area contributed by atoms with Crippen LogP contribution in [0.3, 0.4) is 0 Å². The number of carbonyl (C=O) groups is 1. The van der Waals surface area contributed by atoms with Crippen molar-refractivity contribution in [3.8, 4) is 0 Å². The molecule has 1 unspecified atom stereocenters. The first-order valence-corrected chi connectivity index (χ1v) is 6.69. The third-order valence-corrected chi connectivity index (χ3v) is 3.35. The predicted molar refractivity (Wildman–Crippen MR) is 72.3 cm³/mol. The minimum absolute atomic E-state index is 0.0985. The number of amides is 1. The minimum Gasteiger partial charge on any atom is -0.354 e. The predicted octanol–water partition coefficient (Wildman–Crippen LogP) is 1.08. The van der Waals surface area contributed by atoms with Crippen LogP contribution in [0.5, 0.6) is 0 Å². The molecule has 2 N–H and O–H groups in total. The number of likely N-dealkylation sites (N-methyl/N-ethyl adjacent to an activating group) is 1. The average molecular weight is 255 g/mol. The van der Waals surface area contributed by atoms with Gasteiger partial charge in [-0.25, -0.2) is 0 Å². The van der Waals surface area contributed by atoms with Crippen LogP contribution in [0.4, 0.5) is 0 Å². The fourth-order valence-electron chi connectivity index (χ4n) is 1.60. The number of hydrogen-bond acceptors (Lipinski definition) is 4. The summed E-state index contributed by atoms with van der Waals surface area (Å²) in [5.41, 5.74) is 1.26. The molecule has 0 bridgehead atoms. The molecule has 0 spiro atoms. The summed E-state index contributed by atoms with van der Waals surface area (Å²) in [6, 6.07) is 2.36. The summed E-state index contributed by atoms with van der Waals surface area (Å²) in [5, 5.41) is 10.1. The second-order valence-electron chi connectivity index (χ2n) is 4.19. The first-order valence-electron chi connectivity index (χ1n) is 5.75. The van der Waals surface area contributed by atoms with Gasteiger partial charge < -0.3 is 15.5 Å². The number of rotatable bonds is 7. The maximum atomic E-state index is 11.5. The number of carbonyl (C=O) groups excluding carboxylic acids is 1. The molecule has 0 aromatic carbocycles. The topological polar surface area (TPSA) is 44.4 Å². The zero-order valence-corrected chi connectivity index (χ0v) is 11.5. The molecule has 1 heterocycles. The van der Waals surface area contributed by atoms with E-state index in [1.807, 2.05) is 21.1 Å². The van der Waals surface area contributed by atoms with E-state index in [2.05, 4.69) is 32.4 Å². The van der Waals surface area contributed by atoms with Crippen LogP contribution in [0.2, 0.25) is 0 Å². The molecule has 1 amide bonds. The van der Waals surface area contributed by atoms with E-state index in [1.54, 1.807) is 11.3 Å². The van der Waals surface area contributed by atoms with Crippen molar-refractivity contribution < 1.29 is 4.79 Å². The molecular weight excluding hydrogens is 234 g/mol. The molecule has 96 valence electrons. The Kier molecular flexibility index (Phi) is 6.18. The Labute approximate surface area is 107 Å². The van der Waals surface area contributed by atoms with Crippen molar-refractivity contribution in [2.24, 2.45) is 0 Å². The smallest absolute Gasteiger partial charge is 0.221 e. The van der Waals surface area contributed by atoms with Crippen LogP contribution < -0.4 is 10.6 Å². The van der Waals surface area contributed by atoms with Gasteiger partial charge in [-0.05, 0) is 43.5 Å². The van der Waals surface area contributed by atoms with Gasteiger partial charge in [-0.2, -0.15) is 11.3 Å². The fourth-order valence-corrected chi connectivity index (χ4v) is 2.31. The molecule has 1 atom stereocenters. The van der Waals surface area contributed by atoms with E-state index in [1.165, 1.54) is 5.56 Å². The molecule has 1 aromatic heterocycles. The molecule has 0 aliphatic carbocycles. The van der Waals surface area contributed by atoms with E-state index in [9.17, 15) is 4.79 Å². The van der Waals surface area contributed by atoms with Crippen molar-refractivity contribution in [2.45, 2.75) is 12.5 Å². The molecule has 0 fully saturated rings. The van der Waals surface area contributed by atoms with Crippen molar-refractivity contribution in [1.29, 1.82) is 0 Å². The van der Waals surface area contributed by atoms with Gasteiger partial charge in [-0.3, -0.25) is 4.79 Å². The van der Waals surface area contributed by atoms with Crippen LogP contribution in [-0.2, 0) is 4.79 Å². The highest BCUT2D eigenvalue weighted by Crippen LogP contribution is 2.19. The molecular formula is C12H21N3OS. The van der Waals surface area contributed by atoms with E-state index in [4.69, 9.17) is 0 Å². The van der Waals surface area contributed by atoms with Gasteiger partial charge in [0.1, 0.15) is 0 Å². The van der Waals surface area contributed by atoms with Crippen LogP contribution in [0.25, 0.3) is 0 Å². The highest BCUT2D eigenvalue weighted by atomic mass is 32.1. The maximum absolute atomic E-state index is 11.5. The first kappa shape index (κ1) is 14.2. The summed E-state index contributed by atoms with van der Waals surface area (Å²) in [6.07, 6.45) is 0.528. The molecule has 0 radical (unpaired) electrons. The summed E-state index contributed by atoms with van der Waals surface area (Å²) < 4.78 is 0. The van der Waals surface area contributed by atoms with Crippen LogP contribution >= 0.6 is 11.3 Å². The van der Waals surface area contributed by atoms with Gasteiger partial charge in [-0.15, -0.1) is 0 Å². The van der Waals surface area contributed by atoms with Crippen LogP contribution in [-0.4, -0.2) is 45.0 Å². The Bertz CT molecular complexity index is 325. The normalized spacial score (nSPS) is 12.7. The van der Waals surface area contributed by atoms with Crippen molar-refractivity contribution in [3.63, 3.8) is 0 Å². The summed E-state index contributed by atoms with van der Waals surface area (Å²) in [6.45, 7) is 1.38. The SMILES string of the molecule is CNCCC(=O)NCC(c1ccsc1)N(C)C. The molecule has 4 nitrogen and oxygen atoms in total. The Hall–Kier alpha value is -0.910. The molecule has 5 heteroatoms. The van der Waals surface area contributed by atoms with Crippen LogP contribution in [0.15, 0.2) is 16.8 Å². The van der Waals surface area contributed by atoms with Gasteiger partial charge in [0.2, 0.25) is 5.91 Å². The standard InChI is InChI=1S/C12H21N3OS/c1-13-6-4-12(16)14-8-11(15(2)3)10-5-7-17-9-10/h5,7,9,11,13H,4,6,8H2,1-3H3,(H,14,16). The Morgan fingerprint density at radius 1 is 1.53 bits per heavy atom. The van der Waals surface area contributed by atoms with E-state index < -0.39 is 0 Å². The zero-order chi connectivity index (χ0) is 12.7. The third-order valence-electron chi connectivity index (χ3n) is 2.65. The van der Waals surface area contributed by atoms with Gasteiger partial charge in [-0.1, -0.05) is 0 Å². The lowest BCUT2D eigenvalue weighted by Crippen LogP contribution is -2.35. The maximum Gasteiger partial charge on any atom is 0.221 e. The van der Waals surface area contributed by atoms with Gasteiger partial charge >= 0.3 is 0 Å². The molecule has 0 aliphatic rings. The monoisotopic (exact) mass is 255 g/mol. The van der Waals surface area contributed by atoms with E-state index in [0.29, 0.717) is 13.0 Å². The lowest BCUT2D eigenvalue weighted by atomic mass is 10.1. The second kappa shape index (κ2) is 7.42. The molecule has 0 saturated heterocycles. The Balaban J connectivity index is 2.43. The Morgan fingerprint density at radius 3 is 2.82 bits per heavy atom. The number of thiophene rings is 1. The first-order chi connectivity index (χ1) is 8.15. The van der Waals surface area contributed by atoms with Gasteiger partial charge in [0, 0.05) is 19.5 Å². The van der Waals surface area contributed by atoms with E-state index >= 15 is 0 Å². The molecule has 1 rings (SSSR count). The summed E-state index contributed by atoms with van der Waals surface area (Å²) in [7, 11) is 5.91. The van der Waals surface area contributed by atoms with Crippen LogP contribution in [0, 0.1) is 0 Å². The van der Waals surface area contributed by atoms with Gasteiger partial charge in [0.05, 0.1) is 6.04 Å². The Morgan fingerprint density at radius 2 is 2.29 bits per heavy atom. The van der Waals surface area contributed by atoms with E-state index in [0.717, 1.165) is 6.54 Å². The van der Waals surface area contributed by atoms with Gasteiger partial charge in [0.15, 0.2) is 0 Å². The van der Waals surface area contributed by atoms with Gasteiger partial charge in [0.25, 0.3) is 0 Å². The summed E-state index contributed by atoms with van der Waals surface area (Å²) >= 11 is 1.68. The largest absolute Gasteiger partial charge is 0.354 e. The van der Waals surface area contributed by atoms with Crippen molar-refractivity contribution >= 4 is 17.2 Å². The zero-order valence-electron chi connectivity index (χ0n) is 10.7. The lowest BCUT2D eigenvalue weighted by molar-refractivity contribution is -0.121. The number of hydrogen-bond donors (Lipinski definition) is 2. The summed E-state index contributed by atoms with van der Waals surface area (Å²) in [4.78, 5) is 13.7. The second-order valence-corrected chi connectivity index (χ2v) is 4.97. The number of nitrogens with zero attached hydrogens (tertiary/aromatic N) is 1. The average Bonchev–Trinajstić information content (AvgIpc) is 2.79. The quantitative estimate of drug-likeness (QED) is 0.766. The highest BCUT2D eigenvalue weighted by Gasteiger charge is 2.15. The van der Waals surface area contributed by atoms with Crippen LogP contribution in [0.1, 0.15) is 18.0 Å². The third kappa shape index (κ3) is 4.85. The fraction of sp³-hybridized carbons (Fsp3) is 0.583. The highest BCUT2D eigenvalue weighted by molar-refractivity contribution is 7.07. The van der Waals surface area contributed by atoms with E-state index in [-0.39, 0.29) is 11.9 Å².